The van der Waals surface area contributed by atoms with Crippen LogP contribution in [-0.4, -0.2) is 27.0 Å². The van der Waals surface area contributed by atoms with Crippen molar-refractivity contribution in [2.45, 2.75) is 0 Å². The topological polar surface area (TPSA) is 106 Å². The Morgan fingerprint density at radius 3 is 2.64 bits per heavy atom. The van der Waals surface area contributed by atoms with Crippen LogP contribution >= 0.6 is 0 Å². The standard InChI is InChI=1S/C5H4N2O4/c8-4(9)2-3(5(10)11)7-1-6-2/h1H,(H,6,7)(H,8,9)(H,10,11)/p-1. The van der Waals surface area contributed by atoms with E-state index in [-0.39, 0.29) is 0 Å². The predicted octanol–water partition coefficient (Wildman–Crippen LogP) is -1.53. The fourth-order valence-electron chi connectivity index (χ4n) is 0.612. The molecule has 1 aromatic rings. The zero-order valence-electron chi connectivity index (χ0n) is 5.20. The Bertz CT molecular complexity index is 275. The molecule has 11 heavy (non-hydrogen) atoms. The van der Waals surface area contributed by atoms with E-state index in [0.29, 0.717) is 0 Å². The Morgan fingerprint density at radius 2 is 2.27 bits per heavy atom. The number of hydrogen-bond donors (Lipinski definition) is 2. The van der Waals surface area contributed by atoms with Gasteiger partial charge in [0.25, 0.3) is 0 Å². The molecule has 0 atom stereocenters. The van der Waals surface area contributed by atoms with E-state index in [4.69, 9.17) is 5.11 Å². The summed E-state index contributed by atoms with van der Waals surface area (Å²) < 4.78 is 0. The van der Waals surface area contributed by atoms with Crippen molar-refractivity contribution < 1.29 is 19.8 Å². The molecule has 0 saturated carbocycles. The summed E-state index contributed by atoms with van der Waals surface area (Å²) in [5.74, 6) is -2.98. The molecular weight excluding hydrogens is 152 g/mol. The van der Waals surface area contributed by atoms with Gasteiger partial charge in [0.05, 0.1) is 18.0 Å². The Hall–Kier alpha value is -1.85. The molecule has 1 aromatic heterocycles. The fraction of sp³-hybridized carbons (Fsp3) is 0. The van der Waals surface area contributed by atoms with Gasteiger partial charge >= 0.3 is 5.97 Å². The number of rotatable bonds is 2. The molecule has 0 spiro atoms. The summed E-state index contributed by atoms with van der Waals surface area (Å²) in [6, 6.07) is 0. The Kier molecular flexibility index (Phi) is 1.59. The molecule has 6 heteroatoms. The van der Waals surface area contributed by atoms with E-state index in [0.717, 1.165) is 6.33 Å². The second-order valence-electron chi connectivity index (χ2n) is 1.72. The van der Waals surface area contributed by atoms with E-state index in [1.165, 1.54) is 0 Å². The lowest BCUT2D eigenvalue weighted by molar-refractivity contribution is -0.255. The largest absolute Gasteiger partial charge is 0.543 e. The summed E-state index contributed by atoms with van der Waals surface area (Å²) >= 11 is 0. The molecule has 0 radical (unpaired) electrons. The molecule has 0 saturated heterocycles. The van der Waals surface area contributed by atoms with Crippen molar-refractivity contribution >= 4 is 11.9 Å². The van der Waals surface area contributed by atoms with Gasteiger partial charge in [-0.15, -0.1) is 0 Å². The number of hydrogen-bond acceptors (Lipinski definition) is 4. The summed E-state index contributed by atoms with van der Waals surface area (Å²) in [5.41, 5.74) is -1.05. The minimum atomic E-state index is -1.58. The number of aromatic amines is 1. The van der Waals surface area contributed by atoms with Crippen molar-refractivity contribution in [3.8, 4) is 0 Å². The van der Waals surface area contributed by atoms with Gasteiger partial charge in [-0.3, -0.25) is 0 Å². The van der Waals surface area contributed by atoms with Crippen molar-refractivity contribution in [3.63, 3.8) is 0 Å². The lowest BCUT2D eigenvalue weighted by Crippen LogP contribution is -2.25. The number of nitrogens with one attached hydrogen (secondary N) is 1. The molecule has 0 unspecified atom stereocenters. The summed E-state index contributed by atoms with van der Waals surface area (Å²) in [6.07, 6.45) is 0.981. The van der Waals surface area contributed by atoms with E-state index >= 15 is 0 Å². The first-order valence-electron chi connectivity index (χ1n) is 2.61. The summed E-state index contributed by atoms with van der Waals surface area (Å²) in [5, 5.41) is 18.5. The number of carbonyl (C=O) groups excluding carboxylic acids is 1. The normalized spacial score (nSPS) is 9.45. The van der Waals surface area contributed by atoms with Crippen molar-refractivity contribution in [2.75, 3.05) is 0 Å². The van der Waals surface area contributed by atoms with Crippen LogP contribution in [0.5, 0.6) is 0 Å². The molecule has 0 aliphatic rings. The average molecular weight is 155 g/mol. The number of nitrogens with zero attached hydrogens (tertiary/aromatic N) is 1. The Morgan fingerprint density at radius 1 is 1.64 bits per heavy atom. The van der Waals surface area contributed by atoms with Crippen LogP contribution in [0.3, 0.4) is 0 Å². The van der Waals surface area contributed by atoms with E-state index in [1.54, 1.807) is 0 Å². The quantitative estimate of drug-likeness (QED) is 0.538. The molecule has 1 heterocycles. The maximum Gasteiger partial charge on any atom is 0.356 e. The molecule has 1 rings (SSSR count). The van der Waals surface area contributed by atoms with Gasteiger partial charge in [-0.05, 0) is 0 Å². The highest BCUT2D eigenvalue weighted by atomic mass is 16.4. The predicted molar refractivity (Wildman–Crippen MR) is 29.9 cm³/mol. The van der Waals surface area contributed by atoms with Gasteiger partial charge in [0.15, 0.2) is 5.69 Å². The van der Waals surface area contributed by atoms with Gasteiger partial charge < -0.3 is 20.0 Å². The third kappa shape index (κ3) is 1.18. The second kappa shape index (κ2) is 2.41. The van der Waals surface area contributed by atoms with Crippen LogP contribution in [0.2, 0.25) is 0 Å². The van der Waals surface area contributed by atoms with Crippen molar-refractivity contribution in [1.29, 1.82) is 0 Å². The third-order valence-electron chi connectivity index (χ3n) is 1.05. The van der Waals surface area contributed by atoms with Crippen LogP contribution in [0.1, 0.15) is 21.0 Å². The lowest BCUT2D eigenvalue weighted by Gasteiger charge is -1.97. The minimum Gasteiger partial charge on any atom is -0.543 e. The SMILES string of the molecule is O=C(O)c1nc[nH]c1C(=O)[O-]. The number of aromatic carboxylic acids is 2. The van der Waals surface area contributed by atoms with Gasteiger partial charge in [-0.25, -0.2) is 9.78 Å². The van der Waals surface area contributed by atoms with Gasteiger partial charge in [0.2, 0.25) is 0 Å². The molecule has 6 nitrogen and oxygen atoms in total. The number of aromatic nitrogens is 2. The smallest absolute Gasteiger partial charge is 0.356 e. The maximum atomic E-state index is 10.2. The molecular formula is C5H3N2O4-. The Balaban J connectivity index is 3.16. The summed E-state index contributed by atoms with van der Waals surface area (Å²) in [4.78, 5) is 25.7. The van der Waals surface area contributed by atoms with E-state index in [1.807, 2.05) is 0 Å². The molecule has 58 valence electrons. The fourth-order valence-corrected chi connectivity index (χ4v) is 0.612. The monoisotopic (exact) mass is 155 g/mol. The average Bonchev–Trinajstić information content (AvgIpc) is 2.32. The van der Waals surface area contributed by atoms with Crippen LogP contribution in [0.15, 0.2) is 6.33 Å². The van der Waals surface area contributed by atoms with Crippen molar-refractivity contribution in [1.82, 2.24) is 9.97 Å². The molecule has 0 fully saturated rings. The van der Waals surface area contributed by atoms with E-state index < -0.39 is 23.3 Å². The van der Waals surface area contributed by atoms with Crippen LogP contribution < -0.4 is 5.11 Å². The minimum absolute atomic E-state index is 0.516. The van der Waals surface area contributed by atoms with E-state index in [2.05, 4.69) is 9.97 Å². The molecule has 0 amide bonds. The van der Waals surface area contributed by atoms with Crippen molar-refractivity contribution in [3.05, 3.63) is 17.7 Å². The lowest BCUT2D eigenvalue weighted by atomic mass is 10.3. The van der Waals surface area contributed by atoms with Gasteiger partial charge in [0, 0.05) is 0 Å². The number of carbonyl (C=O) groups is 2. The summed E-state index contributed by atoms with van der Waals surface area (Å²) in [6.45, 7) is 0. The molecule has 2 N–H and O–H groups in total. The zero-order chi connectivity index (χ0) is 8.43. The third-order valence-corrected chi connectivity index (χ3v) is 1.05. The zero-order valence-corrected chi connectivity index (χ0v) is 5.20. The number of H-pyrrole nitrogens is 1. The van der Waals surface area contributed by atoms with Crippen LogP contribution in [0.25, 0.3) is 0 Å². The van der Waals surface area contributed by atoms with Crippen LogP contribution in [0, 0.1) is 0 Å². The van der Waals surface area contributed by atoms with Crippen LogP contribution in [-0.2, 0) is 0 Å². The molecule has 0 bridgehead atoms. The second-order valence-corrected chi connectivity index (χ2v) is 1.72. The highest BCUT2D eigenvalue weighted by Crippen LogP contribution is 1.99. The summed E-state index contributed by atoms with van der Waals surface area (Å²) in [7, 11) is 0. The highest BCUT2D eigenvalue weighted by Gasteiger charge is 2.12. The van der Waals surface area contributed by atoms with E-state index in [9.17, 15) is 14.7 Å². The van der Waals surface area contributed by atoms with Crippen LogP contribution in [0.4, 0.5) is 0 Å². The van der Waals surface area contributed by atoms with Gasteiger partial charge in [0.1, 0.15) is 0 Å². The number of carboxylic acids is 2. The van der Waals surface area contributed by atoms with Gasteiger partial charge in [-0.1, -0.05) is 0 Å². The number of imidazole rings is 1. The Labute approximate surface area is 60.5 Å². The highest BCUT2D eigenvalue weighted by molar-refractivity contribution is 5.97. The molecule has 0 aliphatic heterocycles. The first kappa shape index (κ1) is 7.26. The molecule has 0 aromatic carbocycles. The maximum absolute atomic E-state index is 10.2. The van der Waals surface area contributed by atoms with Crippen molar-refractivity contribution in [2.24, 2.45) is 0 Å². The van der Waals surface area contributed by atoms with Gasteiger partial charge in [-0.2, -0.15) is 0 Å². The molecule has 0 aliphatic carbocycles. The first-order chi connectivity index (χ1) is 5.13. The number of carboxylic acid groups (broad SMARTS) is 2. The first-order valence-corrected chi connectivity index (χ1v) is 2.61.